The minimum atomic E-state index is -0.00930. The highest BCUT2D eigenvalue weighted by molar-refractivity contribution is 5.82. The van der Waals surface area contributed by atoms with Crippen LogP contribution in [0.15, 0.2) is 6.20 Å². The lowest BCUT2D eigenvalue weighted by molar-refractivity contribution is -0.122. The summed E-state index contributed by atoms with van der Waals surface area (Å²) < 4.78 is 10.4. The Balaban J connectivity index is 2.70. The number of aromatic nitrogens is 1. The molecule has 0 aliphatic heterocycles. The van der Waals surface area contributed by atoms with Crippen molar-refractivity contribution in [3.63, 3.8) is 0 Å². The second-order valence-electron chi connectivity index (χ2n) is 4.10. The number of Topliss-reactive ketones (excluding diaryl/α,β-unsaturated/α-hetero) is 1. The van der Waals surface area contributed by atoms with Crippen molar-refractivity contribution in [3.05, 3.63) is 23.0 Å². The molecule has 1 aromatic heterocycles. The number of carbonyl (C=O) groups is 1. The van der Waals surface area contributed by atoms with Crippen molar-refractivity contribution in [2.75, 3.05) is 26.9 Å². The van der Waals surface area contributed by atoms with Crippen molar-refractivity contribution < 1.29 is 14.3 Å². The summed E-state index contributed by atoms with van der Waals surface area (Å²) in [5.41, 5.74) is 7.89. The highest BCUT2D eigenvalue weighted by Gasteiger charge is 2.12. The lowest BCUT2D eigenvalue weighted by Gasteiger charge is -2.11. The van der Waals surface area contributed by atoms with E-state index in [0.717, 1.165) is 22.6 Å². The van der Waals surface area contributed by atoms with Gasteiger partial charge in [0.2, 0.25) is 0 Å². The van der Waals surface area contributed by atoms with Gasteiger partial charge in [-0.05, 0) is 13.8 Å². The first-order chi connectivity index (χ1) is 8.60. The van der Waals surface area contributed by atoms with Crippen LogP contribution in [0.2, 0.25) is 0 Å². The molecule has 0 atom stereocenters. The van der Waals surface area contributed by atoms with Crippen LogP contribution in [0.5, 0.6) is 5.75 Å². The first-order valence-electron chi connectivity index (χ1n) is 5.88. The zero-order valence-corrected chi connectivity index (χ0v) is 11.2. The van der Waals surface area contributed by atoms with E-state index >= 15 is 0 Å². The van der Waals surface area contributed by atoms with Crippen molar-refractivity contribution >= 4 is 5.78 Å². The van der Waals surface area contributed by atoms with E-state index in [1.54, 1.807) is 13.3 Å². The number of nitrogens with zero attached hydrogens (tertiary/aromatic N) is 1. The maximum atomic E-state index is 11.7. The third-order valence-corrected chi connectivity index (χ3v) is 2.64. The van der Waals surface area contributed by atoms with E-state index < -0.39 is 0 Å². The number of rotatable bonds is 7. The molecule has 0 spiro atoms. The fraction of sp³-hybridized carbons (Fsp3) is 0.538. The first kappa shape index (κ1) is 14.6. The average Bonchev–Trinajstić information content (AvgIpc) is 2.34. The van der Waals surface area contributed by atoms with E-state index in [0.29, 0.717) is 13.2 Å². The minimum absolute atomic E-state index is 0.00930. The highest BCUT2D eigenvalue weighted by Crippen LogP contribution is 2.24. The number of hydrogen-bond acceptors (Lipinski definition) is 5. The van der Waals surface area contributed by atoms with Crippen LogP contribution < -0.4 is 10.5 Å². The molecule has 1 rings (SSSR count). The number of nitrogens with two attached hydrogens (primary N) is 1. The number of methoxy groups -OCH3 is 1. The molecule has 0 unspecified atom stereocenters. The Labute approximate surface area is 107 Å². The minimum Gasteiger partial charge on any atom is -0.496 e. The van der Waals surface area contributed by atoms with Gasteiger partial charge in [0.05, 0.1) is 25.8 Å². The Morgan fingerprint density at radius 3 is 2.78 bits per heavy atom. The van der Waals surface area contributed by atoms with Crippen LogP contribution in [0, 0.1) is 13.8 Å². The Kier molecular flexibility index (Phi) is 5.74. The molecule has 0 fully saturated rings. The summed E-state index contributed by atoms with van der Waals surface area (Å²) in [6.45, 7) is 4.73. The molecule has 2 N–H and O–H groups in total. The maximum absolute atomic E-state index is 11.7. The van der Waals surface area contributed by atoms with Crippen molar-refractivity contribution in [1.29, 1.82) is 0 Å². The summed E-state index contributed by atoms with van der Waals surface area (Å²) in [6, 6.07) is 0. The van der Waals surface area contributed by atoms with Gasteiger partial charge < -0.3 is 15.2 Å². The Bertz CT molecular complexity index is 419. The third kappa shape index (κ3) is 3.78. The van der Waals surface area contributed by atoms with E-state index in [-0.39, 0.29) is 18.8 Å². The molecule has 18 heavy (non-hydrogen) atoms. The number of pyridine rings is 1. The second-order valence-corrected chi connectivity index (χ2v) is 4.10. The molecule has 0 aliphatic carbocycles. The molecule has 0 saturated carbocycles. The van der Waals surface area contributed by atoms with Crippen LogP contribution in [0.3, 0.4) is 0 Å². The normalized spacial score (nSPS) is 10.4. The van der Waals surface area contributed by atoms with Crippen molar-refractivity contribution in [1.82, 2.24) is 4.98 Å². The predicted octanol–water partition coefficient (Wildman–Crippen LogP) is 0.794. The largest absolute Gasteiger partial charge is 0.496 e. The zero-order chi connectivity index (χ0) is 13.5. The highest BCUT2D eigenvalue weighted by atomic mass is 16.5. The summed E-state index contributed by atoms with van der Waals surface area (Å²) >= 11 is 0. The van der Waals surface area contributed by atoms with Crippen LogP contribution in [0.25, 0.3) is 0 Å². The Hall–Kier alpha value is -1.46. The molecule has 0 aliphatic rings. The number of ketones is 1. The molecule has 0 amide bonds. The monoisotopic (exact) mass is 252 g/mol. The van der Waals surface area contributed by atoms with Crippen LogP contribution >= 0.6 is 0 Å². The van der Waals surface area contributed by atoms with Crippen LogP contribution in [-0.2, 0) is 16.0 Å². The fourth-order valence-electron chi connectivity index (χ4n) is 1.76. The van der Waals surface area contributed by atoms with Crippen LogP contribution in [0.1, 0.15) is 16.8 Å². The number of ether oxygens (including phenoxy) is 2. The first-order valence-corrected chi connectivity index (χ1v) is 5.88. The average molecular weight is 252 g/mol. The van der Waals surface area contributed by atoms with Gasteiger partial charge in [0.15, 0.2) is 5.78 Å². The van der Waals surface area contributed by atoms with Crippen molar-refractivity contribution in [2.24, 2.45) is 5.73 Å². The van der Waals surface area contributed by atoms with Gasteiger partial charge in [-0.1, -0.05) is 0 Å². The molecule has 0 bridgehead atoms. The molecule has 0 aromatic carbocycles. The SMILES string of the molecule is COc1c(C)cnc(CC(=O)COCCN)c1C. The molecule has 1 heterocycles. The van der Waals surface area contributed by atoms with E-state index in [9.17, 15) is 4.79 Å². The van der Waals surface area contributed by atoms with Gasteiger partial charge in [0.25, 0.3) is 0 Å². The standard InChI is InChI=1S/C13H20N2O3/c1-9-7-15-12(10(2)13(9)17-3)6-11(16)8-18-5-4-14/h7H,4-6,8,14H2,1-3H3. The predicted molar refractivity (Wildman–Crippen MR) is 68.8 cm³/mol. The van der Waals surface area contributed by atoms with Gasteiger partial charge in [0, 0.05) is 23.9 Å². The molecule has 0 radical (unpaired) electrons. The van der Waals surface area contributed by atoms with Gasteiger partial charge in [0.1, 0.15) is 12.4 Å². The molecule has 5 heteroatoms. The molecule has 100 valence electrons. The molecular weight excluding hydrogens is 232 g/mol. The summed E-state index contributed by atoms with van der Waals surface area (Å²) in [5, 5.41) is 0. The molecular formula is C13H20N2O3. The Morgan fingerprint density at radius 1 is 1.44 bits per heavy atom. The maximum Gasteiger partial charge on any atom is 0.164 e. The van der Waals surface area contributed by atoms with Gasteiger partial charge >= 0.3 is 0 Å². The van der Waals surface area contributed by atoms with Crippen LogP contribution in [-0.4, -0.2) is 37.6 Å². The third-order valence-electron chi connectivity index (χ3n) is 2.64. The summed E-state index contributed by atoms with van der Waals surface area (Å²) in [5.74, 6) is 0.778. The number of hydrogen-bond donors (Lipinski definition) is 1. The fourth-order valence-corrected chi connectivity index (χ4v) is 1.76. The smallest absolute Gasteiger partial charge is 0.164 e. The van der Waals surface area contributed by atoms with Gasteiger partial charge in [-0.25, -0.2) is 0 Å². The second kappa shape index (κ2) is 7.08. The van der Waals surface area contributed by atoms with Gasteiger partial charge in [-0.3, -0.25) is 9.78 Å². The molecule has 0 saturated heterocycles. The van der Waals surface area contributed by atoms with Crippen LogP contribution in [0.4, 0.5) is 0 Å². The van der Waals surface area contributed by atoms with Crippen molar-refractivity contribution in [3.8, 4) is 5.75 Å². The summed E-state index contributed by atoms with van der Waals surface area (Å²) in [6.07, 6.45) is 1.97. The van der Waals surface area contributed by atoms with E-state index in [1.807, 2.05) is 13.8 Å². The topological polar surface area (TPSA) is 74.4 Å². The van der Waals surface area contributed by atoms with Crippen molar-refractivity contribution in [2.45, 2.75) is 20.3 Å². The number of carbonyl (C=O) groups excluding carboxylic acids is 1. The number of aryl methyl sites for hydroxylation is 1. The van der Waals surface area contributed by atoms with E-state index in [4.69, 9.17) is 15.2 Å². The zero-order valence-electron chi connectivity index (χ0n) is 11.2. The van der Waals surface area contributed by atoms with Gasteiger partial charge in [-0.2, -0.15) is 0 Å². The lowest BCUT2D eigenvalue weighted by Crippen LogP contribution is -2.17. The summed E-state index contributed by atoms with van der Waals surface area (Å²) in [7, 11) is 1.62. The molecule has 1 aromatic rings. The molecule has 5 nitrogen and oxygen atoms in total. The van der Waals surface area contributed by atoms with E-state index in [1.165, 1.54) is 0 Å². The Morgan fingerprint density at radius 2 is 2.17 bits per heavy atom. The summed E-state index contributed by atoms with van der Waals surface area (Å²) in [4.78, 5) is 16.0. The van der Waals surface area contributed by atoms with Gasteiger partial charge in [-0.15, -0.1) is 0 Å². The quantitative estimate of drug-likeness (QED) is 0.726. The lowest BCUT2D eigenvalue weighted by atomic mass is 10.1. The van der Waals surface area contributed by atoms with E-state index in [2.05, 4.69) is 4.98 Å².